The fraction of sp³-hybridized carbons (Fsp3) is 0.517. The fourth-order valence-electron chi connectivity index (χ4n) is 5.21. The number of thiazole rings is 1. The molecule has 1 amide bonds. The predicted molar refractivity (Wildman–Crippen MR) is 151 cm³/mol. The van der Waals surface area contributed by atoms with Crippen molar-refractivity contribution in [1.29, 1.82) is 0 Å². The van der Waals surface area contributed by atoms with Crippen LogP contribution in [0, 0.1) is 11.6 Å². The molecule has 1 fully saturated rings. The lowest BCUT2D eigenvalue weighted by atomic mass is 10.1. The molecule has 0 unspecified atom stereocenters. The van der Waals surface area contributed by atoms with E-state index < -0.39 is 11.6 Å². The van der Waals surface area contributed by atoms with Crippen molar-refractivity contribution >= 4 is 27.5 Å². The minimum absolute atomic E-state index is 0.0266. The molecule has 4 N–H and O–H groups in total. The number of nitrogens with zero attached hydrogens (tertiary/aromatic N) is 1. The van der Waals surface area contributed by atoms with Gasteiger partial charge in [0.2, 0.25) is 5.91 Å². The van der Waals surface area contributed by atoms with Crippen LogP contribution < -0.4 is 15.5 Å². The van der Waals surface area contributed by atoms with E-state index in [9.17, 15) is 23.5 Å². The van der Waals surface area contributed by atoms with E-state index in [0.717, 1.165) is 47.3 Å². The molecular weight excluding hydrogens is 522 g/mol. The quantitative estimate of drug-likeness (QED) is 0.183. The first-order chi connectivity index (χ1) is 18.9. The Kier molecular flexibility index (Phi) is 10.9. The zero-order valence-electron chi connectivity index (χ0n) is 22.2. The lowest BCUT2D eigenvalue weighted by Gasteiger charge is -2.23. The number of carbonyl (C=O) groups is 1. The average molecular weight is 561 g/mol. The largest absolute Gasteiger partial charge is 0.506 e. The summed E-state index contributed by atoms with van der Waals surface area (Å²) in [6.07, 6.45) is 8.04. The van der Waals surface area contributed by atoms with Crippen molar-refractivity contribution in [1.82, 2.24) is 20.5 Å². The van der Waals surface area contributed by atoms with Crippen molar-refractivity contribution in [3.05, 3.63) is 62.8 Å². The van der Waals surface area contributed by atoms with Gasteiger partial charge < -0.3 is 25.6 Å². The number of amides is 1. The number of nitrogens with one attached hydrogen (secondary N) is 3. The van der Waals surface area contributed by atoms with E-state index in [1.54, 1.807) is 6.07 Å². The highest BCUT2D eigenvalue weighted by atomic mass is 32.1. The molecule has 7 nitrogen and oxygen atoms in total. The Morgan fingerprint density at radius 2 is 1.74 bits per heavy atom. The molecule has 0 spiro atoms. The Morgan fingerprint density at radius 3 is 2.49 bits per heavy atom. The summed E-state index contributed by atoms with van der Waals surface area (Å²) in [5.41, 5.74) is 1.51. The molecule has 1 saturated carbocycles. The van der Waals surface area contributed by atoms with Crippen LogP contribution in [0.2, 0.25) is 0 Å². The number of aromatic nitrogens is 1. The molecular formula is C29H38F2N4O3S. The summed E-state index contributed by atoms with van der Waals surface area (Å²) in [7, 11) is 0. The van der Waals surface area contributed by atoms with E-state index in [1.807, 2.05) is 6.07 Å². The molecule has 212 valence electrons. The Morgan fingerprint density at radius 1 is 1.00 bits per heavy atom. The molecule has 1 aromatic heterocycles. The first-order valence-electron chi connectivity index (χ1n) is 13.9. The van der Waals surface area contributed by atoms with Gasteiger partial charge in [0.15, 0.2) is 0 Å². The van der Waals surface area contributed by atoms with Crippen molar-refractivity contribution in [3.63, 3.8) is 0 Å². The van der Waals surface area contributed by atoms with Crippen LogP contribution >= 0.6 is 11.3 Å². The molecule has 0 atom stereocenters. The SMILES string of the molecule is O=C(CCN(CCNCCc1ccc(O)c2[nH]c(=O)sc12)CCc1c(F)cccc1F)NC1CCCCCC1. The Hall–Kier alpha value is -2.82. The number of carbonyl (C=O) groups excluding carboxylic acids is 1. The third-order valence-corrected chi connectivity index (χ3v) is 8.39. The number of hydrogen-bond donors (Lipinski definition) is 4. The molecule has 4 rings (SSSR count). The molecule has 0 radical (unpaired) electrons. The first kappa shape index (κ1) is 29.2. The van der Waals surface area contributed by atoms with Crippen molar-refractivity contribution in [2.45, 2.75) is 63.8 Å². The fourth-order valence-corrected chi connectivity index (χ4v) is 6.11. The first-order valence-corrected chi connectivity index (χ1v) is 14.7. The molecule has 0 saturated heterocycles. The summed E-state index contributed by atoms with van der Waals surface area (Å²) in [4.78, 5) is 28.9. The summed E-state index contributed by atoms with van der Waals surface area (Å²) < 4.78 is 29.1. The molecule has 39 heavy (non-hydrogen) atoms. The van der Waals surface area contributed by atoms with Gasteiger partial charge in [-0.25, -0.2) is 8.78 Å². The summed E-state index contributed by atoms with van der Waals surface area (Å²) in [6.45, 7) is 2.85. The van der Waals surface area contributed by atoms with E-state index >= 15 is 0 Å². The summed E-state index contributed by atoms with van der Waals surface area (Å²) in [5, 5.41) is 16.6. The van der Waals surface area contributed by atoms with Gasteiger partial charge in [-0.1, -0.05) is 49.2 Å². The van der Waals surface area contributed by atoms with E-state index in [1.165, 1.54) is 31.0 Å². The molecule has 0 bridgehead atoms. The second-order valence-corrected chi connectivity index (χ2v) is 11.2. The van der Waals surface area contributed by atoms with Crippen molar-refractivity contribution in [3.8, 4) is 5.75 Å². The molecule has 1 aliphatic rings. The maximum Gasteiger partial charge on any atom is 0.305 e. The van der Waals surface area contributed by atoms with Gasteiger partial charge in [-0.2, -0.15) is 0 Å². The lowest BCUT2D eigenvalue weighted by Crippen LogP contribution is -2.39. The van der Waals surface area contributed by atoms with Crippen molar-refractivity contribution in [2.24, 2.45) is 0 Å². The highest BCUT2D eigenvalue weighted by Crippen LogP contribution is 2.27. The molecule has 2 aromatic carbocycles. The van der Waals surface area contributed by atoms with Crippen LogP contribution in [0.4, 0.5) is 8.78 Å². The van der Waals surface area contributed by atoms with Gasteiger partial charge in [-0.15, -0.1) is 0 Å². The highest BCUT2D eigenvalue weighted by molar-refractivity contribution is 7.16. The maximum absolute atomic E-state index is 14.2. The number of hydrogen-bond acceptors (Lipinski definition) is 6. The topological polar surface area (TPSA) is 97.5 Å². The van der Waals surface area contributed by atoms with Crippen LogP contribution in [0.5, 0.6) is 5.75 Å². The van der Waals surface area contributed by atoms with E-state index in [0.29, 0.717) is 51.1 Å². The van der Waals surface area contributed by atoms with Crippen LogP contribution in [0.1, 0.15) is 56.1 Å². The number of halogens is 2. The van der Waals surface area contributed by atoms with Crippen LogP contribution in [-0.2, 0) is 17.6 Å². The zero-order chi connectivity index (χ0) is 27.6. The number of phenols is 1. The average Bonchev–Trinajstić information content (AvgIpc) is 3.13. The van der Waals surface area contributed by atoms with Gasteiger partial charge in [0, 0.05) is 44.2 Å². The van der Waals surface area contributed by atoms with Gasteiger partial charge >= 0.3 is 4.87 Å². The van der Waals surface area contributed by atoms with Crippen LogP contribution in [0.15, 0.2) is 35.1 Å². The third kappa shape index (κ3) is 8.58. The second-order valence-electron chi connectivity index (χ2n) is 10.3. The van der Waals surface area contributed by atoms with Crippen LogP contribution in [0.3, 0.4) is 0 Å². The van der Waals surface area contributed by atoms with Crippen molar-refractivity contribution < 1.29 is 18.7 Å². The number of phenolic OH excluding ortho intramolecular Hbond substituents is 1. The lowest BCUT2D eigenvalue weighted by molar-refractivity contribution is -0.122. The number of aromatic amines is 1. The summed E-state index contributed by atoms with van der Waals surface area (Å²) >= 11 is 1.08. The van der Waals surface area contributed by atoms with E-state index in [4.69, 9.17) is 0 Å². The minimum Gasteiger partial charge on any atom is -0.506 e. The highest BCUT2D eigenvalue weighted by Gasteiger charge is 2.17. The predicted octanol–water partition coefficient (Wildman–Crippen LogP) is 4.48. The zero-order valence-corrected chi connectivity index (χ0v) is 23.1. The third-order valence-electron chi connectivity index (χ3n) is 7.43. The summed E-state index contributed by atoms with van der Waals surface area (Å²) in [5.74, 6) is -1.01. The minimum atomic E-state index is -0.550. The van der Waals surface area contributed by atoms with Crippen LogP contribution in [0.25, 0.3) is 10.2 Å². The number of rotatable bonds is 13. The van der Waals surface area contributed by atoms with E-state index in [2.05, 4.69) is 20.5 Å². The smallest absolute Gasteiger partial charge is 0.305 e. The number of H-pyrrole nitrogens is 1. The van der Waals surface area contributed by atoms with Gasteiger partial charge in [-0.05, 0) is 56.0 Å². The monoisotopic (exact) mass is 560 g/mol. The number of benzene rings is 2. The molecule has 1 heterocycles. The second kappa shape index (κ2) is 14.5. The number of fused-ring (bicyclic) bond motifs is 1. The molecule has 1 aliphatic carbocycles. The van der Waals surface area contributed by atoms with Crippen molar-refractivity contribution in [2.75, 3.05) is 32.7 Å². The molecule has 10 heteroatoms. The van der Waals surface area contributed by atoms with E-state index in [-0.39, 0.29) is 34.6 Å². The van der Waals surface area contributed by atoms with Gasteiger partial charge in [0.25, 0.3) is 0 Å². The maximum atomic E-state index is 14.2. The normalized spacial score (nSPS) is 14.6. The van der Waals surface area contributed by atoms with Crippen LogP contribution in [-0.4, -0.2) is 59.7 Å². The van der Waals surface area contributed by atoms with Gasteiger partial charge in [0.05, 0.1) is 4.70 Å². The Bertz CT molecular complexity index is 1270. The van der Waals surface area contributed by atoms with Gasteiger partial charge in [-0.3, -0.25) is 9.59 Å². The standard InChI is InChI=1S/C29H38F2N4O3S/c30-23-8-5-9-24(31)22(23)13-17-35(18-14-26(37)33-21-6-3-1-2-4-7-21)19-16-32-15-12-20-10-11-25(36)27-28(20)39-29(38)34-27/h5,8-11,21,32,36H,1-4,6-7,12-19H2,(H,33,37)(H,34,38). The van der Waals surface area contributed by atoms with Gasteiger partial charge in [0.1, 0.15) is 22.9 Å². The Balaban J connectivity index is 1.28. The number of aromatic hydroxyl groups is 1. The summed E-state index contributed by atoms with van der Waals surface area (Å²) in [6, 6.07) is 7.56. The Labute approximate surface area is 231 Å². The molecule has 0 aliphatic heterocycles. The molecule has 3 aromatic rings.